The molecule has 2 aromatic rings. The van der Waals surface area contributed by atoms with E-state index in [0.717, 1.165) is 12.1 Å². The van der Waals surface area contributed by atoms with Crippen LogP contribution in [-0.2, 0) is 4.79 Å². The van der Waals surface area contributed by atoms with E-state index in [1.165, 1.54) is 24.3 Å². The monoisotopic (exact) mass is 330 g/mol. The number of hydrogen-bond acceptors (Lipinski definition) is 2. The van der Waals surface area contributed by atoms with Crippen molar-refractivity contribution in [3.05, 3.63) is 58.1 Å². The van der Waals surface area contributed by atoms with E-state index in [1.807, 2.05) is 0 Å². The lowest BCUT2D eigenvalue weighted by Crippen LogP contribution is -2.22. The summed E-state index contributed by atoms with van der Waals surface area (Å²) in [7, 11) is 0. The lowest BCUT2D eigenvalue weighted by molar-refractivity contribution is -0.114. The first kappa shape index (κ1) is 15.5. The maximum atomic E-state index is 13.0. The molecule has 0 aliphatic rings. The summed E-state index contributed by atoms with van der Waals surface area (Å²) in [6.45, 7) is -0.123. The van der Waals surface area contributed by atoms with Crippen LogP contribution in [0.15, 0.2) is 36.4 Å². The molecule has 0 saturated heterocycles. The van der Waals surface area contributed by atoms with Gasteiger partial charge in [-0.25, -0.2) is 8.78 Å². The van der Waals surface area contributed by atoms with Crippen molar-refractivity contribution in [2.75, 3.05) is 17.2 Å². The van der Waals surface area contributed by atoms with Crippen molar-refractivity contribution < 1.29 is 13.6 Å². The number of hydrogen-bond donors (Lipinski definition) is 2. The van der Waals surface area contributed by atoms with Crippen LogP contribution >= 0.6 is 23.2 Å². The summed E-state index contributed by atoms with van der Waals surface area (Å²) in [6, 6.07) is 7.52. The third-order valence-corrected chi connectivity index (χ3v) is 3.16. The van der Waals surface area contributed by atoms with Crippen molar-refractivity contribution in [1.82, 2.24) is 0 Å². The van der Waals surface area contributed by atoms with Gasteiger partial charge in [-0.3, -0.25) is 4.79 Å². The van der Waals surface area contributed by atoms with Crippen LogP contribution in [0.4, 0.5) is 20.2 Å². The third kappa shape index (κ3) is 4.31. The second kappa shape index (κ2) is 6.74. The Labute approximate surface area is 129 Å². The number of carbonyl (C=O) groups is 1. The SMILES string of the molecule is O=C(CNc1c(Cl)cc(F)cc1Cl)Nc1ccc(F)cc1. The molecule has 7 heteroatoms. The van der Waals surface area contributed by atoms with Crippen molar-refractivity contribution in [3.8, 4) is 0 Å². The Kier molecular flexibility index (Phi) is 4.98. The maximum absolute atomic E-state index is 13.0. The smallest absolute Gasteiger partial charge is 0.243 e. The number of anilines is 2. The van der Waals surface area contributed by atoms with Gasteiger partial charge in [0.2, 0.25) is 5.91 Å². The fraction of sp³-hybridized carbons (Fsp3) is 0.0714. The van der Waals surface area contributed by atoms with E-state index in [0.29, 0.717) is 5.69 Å². The molecular weight excluding hydrogens is 321 g/mol. The molecule has 2 rings (SSSR count). The molecule has 0 unspecified atom stereocenters. The van der Waals surface area contributed by atoms with Crippen LogP contribution in [0, 0.1) is 11.6 Å². The maximum Gasteiger partial charge on any atom is 0.243 e. The van der Waals surface area contributed by atoms with Crippen LogP contribution in [-0.4, -0.2) is 12.5 Å². The quantitative estimate of drug-likeness (QED) is 0.876. The Morgan fingerprint density at radius 1 is 1.00 bits per heavy atom. The van der Waals surface area contributed by atoms with Gasteiger partial charge in [0.25, 0.3) is 0 Å². The van der Waals surface area contributed by atoms with Crippen LogP contribution in [0.2, 0.25) is 10.0 Å². The number of rotatable bonds is 4. The molecule has 0 radical (unpaired) electrons. The van der Waals surface area contributed by atoms with E-state index < -0.39 is 11.6 Å². The minimum Gasteiger partial charge on any atom is -0.374 e. The molecule has 0 aliphatic heterocycles. The Hall–Kier alpha value is -1.85. The average Bonchev–Trinajstić information content (AvgIpc) is 2.40. The molecule has 0 atom stereocenters. The normalized spacial score (nSPS) is 10.3. The summed E-state index contributed by atoms with van der Waals surface area (Å²) in [5.41, 5.74) is 0.730. The van der Waals surface area contributed by atoms with E-state index in [9.17, 15) is 13.6 Å². The Morgan fingerprint density at radius 3 is 2.14 bits per heavy atom. The molecule has 0 heterocycles. The van der Waals surface area contributed by atoms with Crippen LogP contribution < -0.4 is 10.6 Å². The number of carbonyl (C=O) groups excluding carboxylic acids is 1. The highest BCUT2D eigenvalue weighted by molar-refractivity contribution is 6.39. The molecule has 0 aliphatic carbocycles. The van der Waals surface area contributed by atoms with Gasteiger partial charge in [-0.15, -0.1) is 0 Å². The summed E-state index contributed by atoms with van der Waals surface area (Å²) in [6.07, 6.45) is 0. The molecule has 0 fully saturated rings. The van der Waals surface area contributed by atoms with Crippen LogP contribution in [0.25, 0.3) is 0 Å². The minimum absolute atomic E-state index is 0.0783. The molecule has 0 aromatic heterocycles. The molecule has 3 nitrogen and oxygen atoms in total. The second-order valence-electron chi connectivity index (χ2n) is 4.15. The van der Waals surface area contributed by atoms with E-state index in [1.54, 1.807) is 0 Å². The van der Waals surface area contributed by atoms with Gasteiger partial charge in [0, 0.05) is 5.69 Å². The van der Waals surface area contributed by atoms with Gasteiger partial charge < -0.3 is 10.6 Å². The average molecular weight is 331 g/mol. The molecule has 21 heavy (non-hydrogen) atoms. The van der Waals surface area contributed by atoms with Gasteiger partial charge in [-0.2, -0.15) is 0 Å². The fourth-order valence-electron chi connectivity index (χ4n) is 1.62. The highest BCUT2D eigenvalue weighted by Crippen LogP contribution is 2.31. The van der Waals surface area contributed by atoms with Gasteiger partial charge >= 0.3 is 0 Å². The lowest BCUT2D eigenvalue weighted by Gasteiger charge is -2.11. The van der Waals surface area contributed by atoms with Crippen LogP contribution in [0.3, 0.4) is 0 Å². The third-order valence-electron chi connectivity index (χ3n) is 2.56. The first-order chi connectivity index (χ1) is 9.95. The van der Waals surface area contributed by atoms with Crippen molar-refractivity contribution >= 4 is 40.5 Å². The molecule has 0 spiro atoms. The standard InChI is InChI=1S/C14H10Cl2F2N2O/c15-11-5-9(18)6-12(16)14(11)19-7-13(21)20-10-3-1-8(17)2-4-10/h1-6,19H,7H2,(H,20,21). The Balaban J connectivity index is 1.97. The topological polar surface area (TPSA) is 41.1 Å². The Morgan fingerprint density at radius 2 is 1.57 bits per heavy atom. The summed E-state index contributed by atoms with van der Waals surface area (Å²) < 4.78 is 25.8. The van der Waals surface area contributed by atoms with E-state index in [2.05, 4.69) is 10.6 Å². The molecule has 0 bridgehead atoms. The highest BCUT2D eigenvalue weighted by Gasteiger charge is 2.10. The predicted octanol–water partition coefficient (Wildman–Crippen LogP) is 4.32. The zero-order valence-corrected chi connectivity index (χ0v) is 12.1. The molecule has 2 N–H and O–H groups in total. The molecule has 1 amide bonds. The van der Waals surface area contributed by atoms with E-state index in [-0.39, 0.29) is 28.2 Å². The molecular formula is C14H10Cl2F2N2O. The van der Waals surface area contributed by atoms with Gasteiger partial charge in [-0.05, 0) is 36.4 Å². The zero-order chi connectivity index (χ0) is 15.4. The van der Waals surface area contributed by atoms with E-state index >= 15 is 0 Å². The Bertz CT molecular complexity index is 640. The largest absolute Gasteiger partial charge is 0.374 e. The predicted molar refractivity (Wildman–Crippen MR) is 79.9 cm³/mol. The van der Waals surface area contributed by atoms with E-state index in [4.69, 9.17) is 23.2 Å². The van der Waals surface area contributed by atoms with Crippen LogP contribution in [0.5, 0.6) is 0 Å². The summed E-state index contributed by atoms with van der Waals surface area (Å²) in [4.78, 5) is 11.7. The van der Waals surface area contributed by atoms with Crippen molar-refractivity contribution in [3.63, 3.8) is 0 Å². The van der Waals surface area contributed by atoms with Gasteiger partial charge in [0.1, 0.15) is 11.6 Å². The van der Waals surface area contributed by atoms with Gasteiger partial charge in [0.15, 0.2) is 0 Å². The van der Waals surface area contributed by atoms with Crippen molar-refractivity contribution in [1.29, 1.82) is 0 Å². The summed E-state index contributed by atoms with van der Waals surface area (Å²) >= 11 is 11.7. The number of nitrogens with one attached hydrogen (secondary N) is 2. The molecule has 110 valence electrons. The fourth-order valence-corrected chi connectivity index (χ4v) is 2.21. The van der Waals surface area contributed by atoms with Crippen molar-refractivity contribution in [2.45, 2.75) is 0 Å². The summed E-state index contributed by atoms with van der Waals surface area (Å²) in [5.74, 6) is -1.33. The number of benzene rings is 2. The molecule has 0 saturated carbocycles. The van der Waals surface area contributed by atoms with Crippen LogP contribution in [0.1, 0.15) is 0 Å². The molecule has 2 aromatic carbocycles. The van der Waals surface area contributed by atoms with Crippen molar-refractivity contribution in [2.24, 2.45) is 0 Å². The summed E-state index contributed by atoms with van der Waals surface area (Å²) in [5, 5.41) is 5.44. The first-order valence-electron chi connectivity index (χ1n) is 5.89. The number of amides is 1. The zero-order valence-electron chi connectivity index (χ0n) is 10.6. The van der Waals surface area contributed by atoms with Gasteiger partial charge in [0.05, 0.1) is 22.3 Å². The van der Waals surface area contributed by atoms with Gasteiger partial charge in [-0.1, -0.05) is 23.2 Å². The highest BCUT2D eigenvalue weighted by atomic mass is 35.5. The first-order valence-corrected chi connectivity index (χ1v) is 6.65. The second-order valence-corrected chi connectivity index (χ2v) is 4.97. The lowest BCUT2D eigenvalue weighted by atomic mass is 10.3. The number of halogens is 4. The minimum atomic E-state index is -0.564.